The number of amides is 2. The molecule has 13 heteroatoms. The van der Waals surface area contributed by atoms with E-state index in [9.17, 15) is 44.7 Å². The molecule has 0 saturated heterocycles. The number of imide groups is 1. The smallest absolute Gasteiger partial charge is 0.283 e. The number of benzene rings is 2. The minimum absolute atomic E-state index is 0.436. The fourth-order valence-electron chi connectivity index (χ4n) is 2.76. The predicted molar refractivity (Wildman–Crippen MR) is 84.2 cm³/mol. The van der Waals surface area contributed by atoms with E-state index in [1.54, 1.807) is 0 Å². The topological polar surface area (TPSA) is 89.4 Å². The third-order valence-electron chi connectivity index (χ3n) is 4.35. The van der Waals surface area contributed by atoms with E-state index in [0.29, 0.717) is 6.92 Å². The zero-order chi connectivity index (χ0) is 22.8. The lowest BCUT2D eigenvalue weighted by atomic mass is 9.99. The molecule has 3 rings (SSSR count). The highest BCUT2D eigenvalue weighted by molar-refractivity contribution is 6.32. The molecule has 0 aromatic heterocycles. The van der Waals surface area contributed by atoms with E-state index in [4.69, 9.17) is 11.5 Å². The molecule has 0 spiro atoms. The molecule has 0 bridgehead atoms. The Labute approximate surface area is 161 Å². The average molecular weight is 437 g/mol. The molecule has 2 amide bonds. The molecular weight excluding hydrogens is 430 g/mol. The van der Waals surface area contributed by atoms with E-state index < -0.39 is 97.0 Å². The van der Waals surface area contributed by atoms with Gasteiger partial charge in [0.25, 0.3) is 11.8 Å². The monoisotopic (exact) mass is 437 g/mol. The maximum Gasteiger partial charge on any atom is 0.283 e. The van der Waals surface area contributed by atoms with Gasteiger partial charge in [0.15, 0.2) is 46.5 Å². The Morgan fingerprint density at radius 1 is 0.567 bits per heavy atom. The Hall–Kier alpha value is -3.64. The van der Waals surface area contributed by atoms with Gasteiger partial charge in [-0.1, -0.05) is 0 Å². The van der Waals surface area contributed by atoms with Gasteiger partial charge in [-0.3, -0.25) is 9.59 Å². The van der Waals surface area contributed by atoms with Crippen molar-refractivity contribution in [3.8, 4) is 11.1 Å². The van der Waals surface area contributed by atoms with Crippen molar-refractivity contribution in [1.29, 1.82) is 0 Å². The number of halogens is 8. The molecule has 30 heavy (non-hydrogen) atoms. The second kappa shape index (κ2) is 6.71. The summed E-state index contributed by atoms with van der Waals surface area (Å²) in [5.74, 6) is -22.1. The maximum absolute atomic E-state index is 14.5. The third-order valence-corrected chi connectivity index (χ3v) is 4.35. The molecule has 2 aromatic rings. The fourth-order valence-corrected chi connectivity index (χ4v) is 2.76. The van der Waals surface area contributed by atoms with Gasteiger partial charge in [0.1, 0.15) is 17.1 Å². The molecule has 0 unspecified atom stereocenters. The molecule has 0 radical (unpaired) electrons. The van der Waals surface area contributed by atoms with Gasteiger partial charge < -0.3 is 11.5 Å². The Kier molecular flexibility index (Phi) is 4.71. The number of nitrogens with two attached hydrogens (primary N) is 2. The lowest BCUT2D eigenvalue weighted by Crippen LogP contribution is -2.35. The van der Waals surface area contributed by atoms with Crippen molar-refractivity contribution in [2.24, 2.45) is 11.5 Å². The first kappa shape index (κ1) is 21.1. The summed E-state index contributed by atoms with van der Waals surface area (Å²) in [6, 6.07) is 0. The van der Waals surface area contributed by atoms with Gasteiger partial charge >= 0.3 is 0 Å². The molecule has 5 nitrogen and oxygen atoms in total. The van der Waals surface area contributed by atoms with Crippen molar-refractivity contribution in [1.82, 2.24) is 0 Å². The van der Waals surface area contributed by atoms with Crippen LogP contribution in [0.15, 0.2) is 11.4 Å². The van der Waals surface area contributed by atoms with Crippen LogP contribution in [0.3, 0.4) is 0 Å². The zero-order valence-corrected chi connectivity index (χ0v) is 14.4. The van der Waals surface area contributed by atoms with Gasteiger partial charge in [-0.15, -0.1) is 0 Å². The lowest BCUT2D eigenvalue weighted by molar-refractivity contribution is -0.120. The van der Waals surface area contributed by atoms with E-state index in [1.165, 1.54) is 0 Å². The number of carbonyl (C=O) groups is 2. The van der Waals surface area contributed by atoms with Crippen molar-refractivity contribution in [2.75, 3.05) is 4.90 Å². The highest BCUT2D eigenvalue weighted by atomic mass is 19.2. The summed E-state index contributed by atoms with van der Waals surface area (Å²) < 4.78 is 114. The third kappa shape index (κ3) is 2.54. The summed E-state index contributed by atoms with van der Waals surface area (Å²) in [5, 5.41) is 0. The van der Waals surface area contributed by atoms with Gasteiger partial charge in [-0.05, 0) is 6.92 Å². The molecular formula is C17H7F8N3O2. The number of rotatable bonds is 2. The van der Waals surface area contributed by atoms with Crippen LogP contribution < -0.4 is 16.4 Å². The summed E-state index contributed by atoms with van der Waals surface area (Å²) in [5.41, 5.74) is 0.990. The Bertz CT molecular complexity index is 1130. The number of anilines is 1. The first-order chi connectivity index (χ1) is 13.8. The fraction of sp³-hybridized carbons (Fsp3) is 0.0588. The van der Waals surface area contributed by atoms with Gasteiger partial charge in [0, 0.05) is 5.56 Å². The van der Waals surface area contributed by atoms with Crippen LogP contribution in [0.5, 0.6) is 0 Å². The van der Waals surface area contributed by atoms with Gasteiger partial charge in [0.05, 0.1) is 11.1 Å². The Morgan fingerprint density at radius 3 is 1.20 bits per heavy atom. The summed E-state index contributed by atoms with van der Waals surface area (Å²) in [7, 11) is 0. The van der Waals surface area contributed by atoms with E-state index in [1.807, 2.05) is 0 Å². The van der Waals surface area contributed by atoms with Crippen molar-refractivity contribution >= 4 is 17.5 Å². The minimum Gasteiger partial charge on any atom is -0.392 e. The summed E-state index contributed by atoms with van der Waals surface area (Å²) in [6.07, 6.45) is 0. The standard InChI is InChI=1S/C17H7F8N3O2/c1-2-5(18)7(20)3(8(21)6(2)19)4-9(22)11(24)15(12(25)10(4)23)28-16(29)13(26)14(27)17(28)30/h26-27H2,1H3. The molecule has 1 heterocycles. The lowest BCUT2D eigenvalue weighted by Gasteiger charge is -2.19. The van der Waals surface area contributed by atoms with Crippen LogP contribution in [-0.4, -0.2) is 11.8 Å². The number of hydrogen-bond donors (Lipinski definition) is 2. The molecule has 1 aliphatic rings. The molecule has 2 aromatic carbocycles. The van der Waals surface area contributed by atoms with E-state index in [-0.39, 0.29) is 0 Å². The highest BCUT2D eigenvalue weighted by Crippen LogP contribution is 2.41. The first-order valence-corrected chi connectivity index (χ1v) is 7.67. The summed E-state index contributed by atoms with van der Waals surface area (Å²) in [4.78, 5) is 23.3. The molecule has 0 fully saturated rings. The largest absolute Gasteiger partial charge is 0.392 e. The van der Waals surface area contributed by atoms with Gasteiger partial charge in [-0.2, -0.15) is 0 Å². The number of nitrogens with zero attached hydrogens (tertiary/aromatic N) is 1. The van der Waals surface area contributed by atoms with Crippen molar-refractivity contribution in [3.63, 3.8) is 0 Å². The van der Waals surface area contributed by atoms with Crippen molar-refractivity contribution in [3.05, 3.63) is 63.5 Å². The Morgan fingerprint density at radius 2 is 0.867 bits per heavy atom. The quantitative estimate of drug-likeness (QED) is 0.430. The van der Waals surface area contributed by atoms with Crippen molar-refractivity contribution in [2.45, 2.75) is 6.92 Å². The summed E-state index contributed by atoms with van der Waals surface area (Å²) in [6.45, 7) is 0.601. The van der Waals surface area contributed by atoms with Crippen LogP contribution in [0.25, 0.3) is 11.1 Å². The molecule has 4 N–H and O–H groups in total. The van der Waals surface area contributed by atoms with E-state index in [2.05, 4.69) is 0 Å². The number of carbonyl (C=O) groups excluding carboxylic acids is 2. The van der Waals surface area contributed by atoms with Crippen LogP contribution in [0.4, 0.5) is 40.8 Å². The van der Waals surface area contributed by atoms with Crippen LogP contribution in [-0.2, 0) is 9.59 Å². The van der Waals surface area contributed by atoms with Gasteiger partial charge in [0.2, 0.25) is 0 Å². The zero-order valence-electron chi connectivity index (χ0n) is 14.4. The molecule has 0 atom stereocenters. The first-order valence-electron chi connectivity index (χ1n) is 7.67. The Balaban J connectivity index is 2.38. The van der Waals surface area contributed by atoms with E-state index >= 15 is 0 Å². The second-order valence-electron chi connectivity index (χ2n) is 6.01. The molecule has 0 saturated carbocycles. The normalized spacial score (nSPS) is 14.4. The van der Waals surface area contributed by atoms with Gasteiger partial charge in [-0.25, -0.2) is 40.0 Å². The molecule has 158 valence electrons. The SMILES string of the molecule is Cc1c(F)c(F)c(-c2c(F)c(F)c(N3C(=O)C(N)=C(N)C3=O)c(F)c2F)c(F)c1F. The highest BCUT2D eigenvalue weighted by Gasteiger charge is 2.43. The number of hydrogen-bond acceptors (Lipinski definition) is 4. The summed E-state index contributed by atoms with van der Waals surface area (Å²) >= 11 is 0. The maximum atomic E-state index is 14.5. The minimum atomic E-state index is -2.55. The molecule has 1 aliphatic heterocycles. The van der Waals surface area contributed by atoms with Crippen molar-refractivity contribution < 1.29 is 44.7 Å². The second-order valence-corrected chi connectivity index (χ2v) is 6.01. The predicted octanol–water partition coefficient (Wildman–Crippen LogP) is 2.78. The van der Waals surface area contributed by atoms with E-state index in [0.717, 1.165) is 0 Å². The average Bonchev–Trinajstić information content (AvgIpc) is 2.90. The van der Waals surface area contributed by atoms with Crippen LogP contribution in [0.1, 0.15) is 5.56 Å². The van der Waals surface area contributed by atoms with Crippen LogP contribution in [0.2, 0.25) is 0 Å². The van der Waals surface area contributed by atoms with Crippen LogP contribution in [0, 0.1) is 53.5 Å². The van der Waals surface area contributed by atoms with Crippen LogP contribution >= 0.6 is 0 Å². The molecule has 0 aliphatic carbocycles.